The highest BCUT2D eigenvalue weighted by Crippen LogP contribution is 2.55. The lowest BCUT2D eigenvalue weighted by atomic mass is 9.84. The van der Waals surface area contributed by atoms with Gasteiger partial charge in [-0.05, 0) is 12.1 Å². The summed E-state index contributed by atoms with van der Waals surface area (Å²) in [5.41, 5.74) is 4.71. The van der Waals surface area contributed by atoms with Gasteiger partial charge in [-0.15, -0.1) is 0 Å². The van der Waals surface area contributed by atoms with E-state index < -0.39 is 11.3 Å². The molecule has 6 nitrogen and oxygen atoms in total. The largest absolute Gasteiger partial charge is 0.245 e. The zero-order chi connectivity index (χ0) is 31.7. The molecule has 0 saturated heterocycles. The number of rotatable bonds is 7. The van der Waals surface area contributed by atoms with E-state index in [1.165, 1.54) is 6.33 Å². The molecular formula is C40H27ClN6. The van der Waals surface area contributed by atoms with Crippen LogP contribution in [0, 0.1) is 0 Å². The van der Waals surface area contributed by atoms with E-state index in [1.807, 2.05) is 152 Å². The van der Waals surface area contributed by atoms with Crippen molar-refractivity contribution in [3.63, 3.8) is 0 Å². The highest BCUT2D eigenvalue weighted by molar-refractivity contribution is 6.56. The molecular weight excluding hydrogens is 600 g/mol. The molecule has 1 aromatic heterocycles. The first-order valence-electron chi connectivity index (χ1n) is 15.3. The molecule has 0 amide bonds. The quantitative estimate of drug-likeness (QED) is 0.179. The second-order valence-corrected chi connectivity index (χ2v) is 11.6. The summed E-state index contributed by atoms with van der Waals surface area (Å²) in [6, 6.07) is 49.9. The van der Waals surface area contributed by atoms with Crippen LogP contribution >= 0.6 is 11.6 Å². The van der Waals surface area contributed by atoms with Gasteiger partial charge in [0.2, 0.25) is 11.3 Å². The van der Waals surface area contributed by atoms with Crippen molar-refractivity contribution in [1.29, 1.82) is 0 Å². The topological polar surface area (TPSA) is 75.2 Å². The first-order valence-corrected chi connectivity index (χ1v) is 15.7. The van der Waals surface area contributed by atoms with Crippen LogP contribution in [-0.4, -0.2) is 32.8 Å². The van der Waals surface area contributed by atoms with E-state index in [1.54, 1.807) is 6.20 Å². The summed E-state index contributed by atoms with van der Waals surface area (Å²) < 4.78 is 0. The molecule has 8 rings (SSSR count). The van der Waals surface area contributed by atoms with Crippen molar-refractivity contribution in [3.05, 3.63) is 203 Å². The average Bonchev–Trinajstić information content (AvgIpc) is 3.76. The number of benzene rings is 5. The van der Waals surface area contributed by atoms with Crippen LogP contribution in [0.5, 0.6) is 0 Å². The summed E-state index contributed by atoms with van der Waals surface area (Å²) in [4.78, 5) is 31.5. The van der Waals surface area contributed by atoms with Crippen molar-refractivity contribution in [1.82, 2.24) is 9.97 Å². The summed E-state index contributed by atoms with van der Waals surface area (Å²) in [6.45, 7) is 0. The first-order chi connectivity index (χ1) is 23.2. The Morgan fingerprint density at radius 3 is 1.17 bits per heavy atom. The van der Waals surface area contributed by atoms with E-state index in [4.69, 9.17) is 36.6 Å². The minimum atomic E-state index is -1.51. The van der Waals surface area contributed by atoms with Crippen LogP contribution in [0.4, 0.5) is 0 Å². The van der Waals surface area contributed by atoms with Crippen LogP contribution in [0.25, 0.3) is 0 Å². The minimum Gasteiger partial charge on any atom is -0.245 e. The minimum absolute atomic E-state index is 0.495. The maximum Gasteiger partial charge on any atom is 0.243 e. The molecule has 2 aliphatic heterocycles. The molecule has 0 bridgehead atoms. The van der Waals surface area contributed by atoms with Crippen molar-refractivity contribution < 1.29 is 0 Å². The Kier molecular flexibility index (Phi) is 7.20. The molecule has 6 aromatic rings. The van der Waals surface area contributed by atoms with Gasteiger partial charge in [0, 0.05) is 39.0 Å². The van der Waals surface area contributed by atoms with Crippen molar-refractivity contribution in [2.45, 2.75) is 11.3 Å². The summed E-state index contributed by atoms with van der Waals surface area (Å²) in [6.07, 6.45) is 3.22. The van der Waals surface area contributed by atoms with Gasteiger partial charge in [0.15, 0.2) is 0 Å². The molecule has 7 heteroatoms. The molecule has 0 spiro atoms. The maximum atomic E-state index is 7.15. The molecule has 47 heavy (non-hydrogen) atoms. The Morgan fingerprint density at radius 2 is 0.787 bits per heavy atom. The predicted molar refractivity (Wildman–Crippen MR) is 189 cm³/mol. The van der Waals surface area contributed by atoms with Crippen molar-refractivity contribution in [2.75, 3.05) is 0 Å². The van der Waals surface area contributed by atoms with Gasteiger partial charge < -0.3 is 0 Å². The van der Waals surface area contributed by atoms with Gasteiger partial charge in [-0.1, -0.05) is 151 Å². The number of hydrogen-bond acceptors (Lipinski definition) is 6. The Labute approximate surface area is 277 Å². The lowest BCUT2D eigenvalue weighted by molar-refractivity contribution is 0.250. The van der Waals surface area contributed by atoms with Crippen molar-refractivity contribution >= 4 is 34.4 Å². The van der Waals surface area contributed by atoms with Gasteiger partial charge in [0.25, 0.3) is 0 Å². The van der Waals surface area contributed by atoms with E-state index >= 15 is 0 Å². The average molecular weight is 627 g/mol. The predicted octanol–water partition coefficient (Wildman–Crippen LogP) is 8.12. The lowest BCUT2D eigenvalue weighted by Gasteiger charge is -2.37. The highest BCUT2D eigenvalue weighted by Gasteiger charge is 2.62. The lowest BCUT2D eigenvalue weighted by Crippen LogP contribution is -2.44. The number of aromatic nitrogens is 2. The van der Waals surface area contributed by atoms with Gasteiger partial charge in [0.05, 0.1) is 28.5 Å². The normalized spacial score (nSPS) is 16.2. The van der Waals surface area contributed by atoms with E-state index in [2.05, 4.69) is 4.98 Å². The standard InChI is InChI=1S/C40H27ClN6/c41-33-24-14-13-23-32(33)39(44-35(28-15-5-1-6-16-28)36(45-39)29-17-7-2-8-18-29)40(34-25-26-42-27-43-34)46-37(30-19-9-3-10-20-30)38(47-40)31-21-11-4-12-22-31/h1-27H. The molecule has 0 saturated carbocycles. The summed E-state index contributed by atoms with van der Waals surface area (Å²) in [7, 11) is 0. The third-order valence-electron chi connectivity index (χ3n) is 8.41. The van der Waals surface area contributed by atoms with E-state index in [0.717, 1.165) is 22.3 Å². The molecule has 0 atom stereocenters. The van der Waals surface area contributed by atoms with Crippen molar-refractivity contribution in [3.8, 4) is 0 Å². The molecule has 0 radical (unpaired) electrons. The van der Waals surface area contributed by atoms with E-state index in [9.17, 15) is 0 Å². The monoisotopic (exact) mass is 626 g/mol. The fourth-order valence-electron chi connectivity index (χ4n) is 6.25. The van der Waals surface area contributed by atoms with Crippen LogP contribution < -0.4 is 0 Å². The molecule has 0 N–H and O–H groups in total. The number of aliphatic imine (C=N–C) groups is 4. The number of hydrogen-bond donors (Lipinski definition) is 0. The SMILES string of the molecule is Clc1ccccc1C1(C2(c3ccncn3)N=C(c3ccccc3)C(c3ccccc3)=N2)N=C(c2ccccc2)C(c2ccccc2)=N1. The molecule has 3 heterocycles. The Bertz CT molecular complexity index is 2070. The third-order valence-corrected chi connectivity index (χ3v) is 8.74. The second kappa shape index (κ2) is 11.8. The zero-order valence-electron chi connectivity index (χ0n) is 25.1. The third kappa shape index (κ3) is 4.82. The first kappa shape index (κ1) is 28.6. The zero-order valence-corrected chi connectivity index (χ0v) is 25.9. The van der Waals surface area contributed by atoms with E-state index in [0.29, 0.717) is 39.1 Å². The Hall–Kier alpha value is -5.85. The Morgan fingerprint density at radius 1 is 0.404 bits per heavy atom. The van der Waals surface area contributed by atoms with Crippen LogP contribution in [0.2, 0.25) is 5.02 Å². The summed E-state index contributed by atoms with van der Waals surface area (Å²) >= 11 is 7.15. The van der Waals surface area contributed by atoms with Crippen LogP contribution in [0.3, 0.4) is 0 Å². The number of halogens is 1. The van der Waals surface area contributed by atoms with Gasteiger partial charge in [-0.2, -0.15) is 0 Å². The van der Waals surface area contributed by atoms with Crippen molar-refractivity contribution in [2.24, 2.45) is 20.0 Å². The molecule has 0 fully saturated rings. The second-order valence-electron chi connectivity index (χ2n) is 11.2. The Balaban J connectivity index is 1.54. The van der Waals surface area contributed by atoms with Gasteiger partial charge in [0.1, 0.15) is 6.33 Å². The molecule has 224 valence electrons. The number of nitrogens with zero attached hydrogens (tertiary/aromatic N) is 6. The molecule has 2 aliphatic rings. The van der Waals surface area contributed by atoms with Crippen LogP contribution in [-0.2, 0) is 11.3 Å². The summed E-state index contributed by atoms with van der Waals surface area (Å²) in [5.74, 6) is 0. The van der Waals surface area contributed by atoms with Gasteiger partial charge in [-0.3, -0.25) is 0 Å². The van der Waals surface area contributed by atoms with E-state index in [-0.39, 0.29) is 0 Å². The maximum absolute atomic E-state index is 7.15. The fraction of sp³-hybridized carbons (Fsp3) is 0.0500. The fourth-order valence-corrected chi connectivity index (χ4v) is 6.52. The molecule has 5 aromatic carbocycles. The highest BCUT2D eigenvalue weighted by atomic mass is 35.5. The molecule has 0 aliphatic carbocycles. The van der Waals surface area contributed by atoms with Gasteiger partial charge in [-0.25, -0.2) is 29.9 Å². The van der Waals surface area contributed by atoms with Crippen LogP contribution in [0.15, 0.2) is 184 Å². The summed E-state index contributed by atoms with van der Waals surface area (Å²) in [5, 5.41) is 0.495. The van der Waals surface area contributed by atoms with Gasteiger partial charge >= 0.3 is 0 Å². The molecule has 0 unspecified atom stereocenters. The van der Waals surface area contributed by atoms with Crippen LogP contribution in [0.1, 0.15) is 33.5 Å². The smallest absolute Gasteiger partial charge is 0.243 e.